The molecule has 0 radical (unpaired) electrons. The Morgan fingerprint density at radius 1 is 0.656 bits per heavy atom. The van der Waals surface area contributed by atoms with Crippen molar-refractivity contribution in [2.45, 2.75) is 45.4 Å². The summed E-state index contributed by atoms with van der Waals surface area (Å²) in [4.78, 5) is 59.2. The Labute approximate surface area is 384 Å². The van der Waals surface area contributed by atoms with Crippen LogP contribution in [0.25, 0.3) is 5.57 Å². The first-order chi connectivity index (χ1) is 30.5. The maximum Gasteiger partial charge on any atom is 0.348 e. The van der Waals surface area contributed by atoms with E-state index in [1.54, 1.807) is 18.2 Å². The molecule has 0 aromatic heterocycles. The molecule has 0 saturated carbocycles. The van der Waals surface area contributed by atoms with E-state index >= 15 is 0 Å². The second-order valence-electron chi connectivity index (χ2n) is 14.9. The predicted molar refractivity (Wildman–Crippen MR) is 240 cm³/mol. The monoisotopic (exact) mass is 947 g/mol. The number of aryl methyl sites for hydroxylation is 3. The number of aliphatic carboxylic acids is 1. The number of carbonyl (C=O) groups excluding carboxylic acids is 2. The molecule has 5 heterocycles. The molecular formula is C46H37Cl4N3O11. The molecule has 14 nitrogen and oxygen atoms in total. The van der Waals surface area contributed by atoms with Gasteiger partial charge in [0.2, 0.25) is 0 Å². The fourth-order valence-corrected chi connectivity index (χ4v) is 8.91. The van der Waals surface area contributed by atoms with E-state index in [0.717, 1.165) is 103 Å². The number of carboxylic acids is 3. The van der Waals surface area contributed by atoms with E-state index in [9.17, 15) is 24.3 Å². The number of aromatic hydroxyl groups is 1. The number of cyclic esters (lactones) is 2. The van der Waals surface area contributed by atoms with Crippen molar-refractivity contribution in [2.75, 3.05) is 30.3 Å². The normalized spacial score (nSPS) is 14.5. The van der Waals surface area contributed by atoms with Crippen molar-refractivity contribution in [3.63, 3.8) is 0 Å². The first-order valence-electron chi connectivity index (χ1n) is 19.8. The molecule has 5 aliphatic rings. The molecule has 0 amide bonds. The highest BCUT2D eigenvalue weighted by Gasteiger charge is 2.37. The Morgan fingerprint density at radius 3 is 1.98 bits per heavy atom. The van der Waals surface area contributed by atoms with Gasteiger partial charge < -0.3 is 40.5 Å². The van der Waals surface area contributed by atoms with Crippen LogP contribution in [0.3, 0.4) is 0 Å². The van der Waals surface area contributed by atoms with E-state index in [1.165, 1.54) is 23.6 Å². The van der Waals surface area contributed by atoms with Gasteiger partial charge in [0.15, 0.2) is 0 Å². The minimum atomic E-state index is -1.35. The zero-order chi connectivity index (χ0) is 46.0. The number of hydrogen-bond donors (Lipinski definition) is 6. The van der Waals surface area contributed by atoms with Gasteiger partial charge in [-0.3, -0.25) is 9.79 Å². The highest BCUT2D eigenvalue weighted by atomic mass is 35.5. The number of aromatic carboxylic acids is 2. The number of esters is 2. The molecular weight excluding hydrogens is 912 g/mol. The SMILES string of the molecule is CC(=O)O.O=C(O)c1c(Cl)ccc(Cl)c1C1=c2cc3c(cc2Oc2cc4c(cc21)CCCN4)=NCCC3.O=C(O)c1cc(Cl)c2c(c1Cl)C(=O)OC2=O.Oc1ccc2c(c1)NCCC2. The third kappa shape index (κ3) is 9.46. The van der Waals surface area contributed by atoms with Gasteiger partial charge in [0.1, 0.15) is 17.2 Å². The number of rotatable bonds is 3. The number of nitrogens with zero attached hydrogens (tertiary/aromatic N) is 1. The Balaban J connectivity index is 0.000000162. The number of fused-ring (bicyclic) bond motifs is 6. The summed E-state index contributed by atoms with van der Waals surface area (Å²) in [6.07, 6.45) is 6.19. The van der Waals surface area contributed by atoms with Crippen LogP contribution in [0.2, 0.25) is 20.1 Å². The van der Waals surface area contributed by atoms with Crippen LogP contribution in [-0.4, -0.2) is 69.9 Å². The molecule has 5 aromatic carbocycles. The lowest BCUT2D eigenvalue weighted by Crippen LogP contribution is -2.26. The molecule has 5 aliphatic heterocycles. The largest absolute Gasteiger partial charge is 0.508 e. The Bertz CT molecular complexity index is 2930. The lowest BCUT2D eigenvalue weighted by atomic mass is 9.86. The number of benzene rings is 5. The average molecular weight is 950 g/mol. The number of ether oxygens (including phenoxy) is 2. The summed E-state index contributed by atoms with van der Waals surface area (Å²) in [6.45, 7) is 3.81. The van der Waals surface area contributed by atoms with E-state index in [4.69, 9.17) is 71.3 Å². The van der Waals surface area contributed by atoms with Crippen LogP contribution in [0.5, 0.6) is 17.2 Å². The first-order valence-corrected chi connectivity index (χ1v) is 21.3. The topological polar surface area (TPSA) is 221 Å². The van der Waals surface area contributed by atoms with Gasteiger partial charge >= 0.3 is 23.9 Å². The van der Waals surface area contributed by atoms with Crippen molar-refractivity contribution in [1.82, 2.24) is 0 Å². The van der Waals surface area contributed by atoms with Crippen molar-refractivity contribution in [1.29, 1.82) is 0 Å². The molecule has 5 aromatic rings. The highest BCUT2D eigenvalue weighted by Crippen LogP contribution is 2.44. The predicted octanol–water partition coefficient (Wildman–Crippen LogP) is 8.81. The van der Waals surface area contributed by atoms with Gasteiger partial charge in [-0.05, 0) is 91.6 Å². The molecule has 64 heavy (non-hydrogen) atoms. The lowest BCUT2D eigenvalue weighted by molar-refractivity contribution is -0.134. The van der Waals surface area contributed by atoms with Gasteiger partial charge in [-0.1, -0.05) is 52.5 Å². The second-order valence-corrected chi connectivity index (χ2v) is 16.5. The minimum Gasteiger partial charge on any atom is -0.508 e. The number of phenols is 1. The average Bonchev–Trinajstić information content (AvgIpc) is 3.57. The minimum absolute atomic E-state index is 0.00350. The molecule has 0 aliphatic carbocycles. The molecule has 0 saturated heterocycles. The van der Waals surface area contributed by atoms with Gasteiger partial charge in [0, 0.05) is 83.1 Å². The number of nitrogens with one attached hydrogen (secondary N) is 2. The van der Waals surface area contributed by atoms with Gasteiger partial charge in [0.05, 0.1) is 42.7 Å². The number of phenolic OH excluding ortho intramolecular Hbond substituents is 1. The number of halogens is 4. The molecule has 18 heteroatoms. The van der Waals surface area contributed by atoms with Crippen LogP contribution in [0.4, 0.5) is 11.4 Å². The van der Waals surface area contributed by atoms with Crippen LogP contribution in [0.1, 0.15) is 95.4 Å². The molecule has 330 valence electrons. The van der Waals surface area contributed by atoms with E-state index in [0.29, 0.717) is 27.8 Å². The molecule has 0 bridgehead atoms. The number of anilines is 2. The third-order valence-corrected chi connectivity index (χ3v) is 11.9. The molecule has 0 spiro atoms. The number of hydrogen-bond acceptors (Lipinski definition) is 11. The Morgan fingerprint density at radius 2 is 1.30 bits per heavy atom. The number of carbonyl (C=O) groups is 5. The van der Waals surface area contributed by atoms with Crippen molar-refractivity contribution >= 4 is 93.2 Å². The summed E-state index contributed by atoms with van der Waals surface area (Å²) in [6, 6.07) is 17.8. The quantitative estimate of drug-likeness (QED) is 0.0722. The second kappa shape index (κ2) is 19.2. The van der Waals surface area contributed by atoms with E-state index < -0.39 is 29.8 Å². The summed E-state index contributed by atoms with van der Waals surface area (Å²) >= 11 is 24.4. The van der Waals surface area contributed by atoms with Crippen molar-refractivity contribution in [2.24, 2.45) is 4.99 Å². The summed E-state index contributed by atoms with van der Waals surface area (Å²) in [5, 5.41) is 43.8. The van der Waals surface area contributed by atoms with Crippen molar-refractivity contribution in [3.05, 3.63) is 141 Å². The zero-order valence-corrected chi connectivity index (χ0v) is 36.8. The van der Waals surface area contributed by atoms with Crippen molar-refractivity contribution in [3.8, 4) is 17.2 Å². The standard InChI is InChI=1S/C26H20Cl2N2O3.C9H2Cl2O5.C9H11NO.C2H4O2/c27-17-5-6-18(28)25(26(31)32)24(17)23-15-9-13-3-1-7-29-19(13)11-21(15)33-22-12-20-14(10-16(22)23)4-2-8-30-20;10-3-1-2(7(12)13)6(11)5-4(3)8(14)16-9(5)15;11-8-4-3-7-2-1-5-10-9(7)6-8;1-2(3)4/h5-6,9-12,29H,1-4,7-8H2,(H,31,32);1H,(H,12,13);3-4,6,10-11H,1-2,5H2;1H3,(H,3,4). The van der Waals surface area contributed by atoms with Gasteiger partial charge in [-0.25, -0.2) is 19.2 Å². The zero-order valence-electron chi connectivity index (χ0n) is 33.7. The van der Waals surface area contributed by atoms with E-state index in [-0.39, 0.29) is 37.3 Å². The Hall–Kier alpha value is -6.32. The molecule has 0 unspecified atom stereocenters. The summed E-state index contributed by atoms with van der Waals surface area (Å²) < 4.78 is 10.7. The lowest BCUT2D eigenvalue weighted by Gasteiger charge is -2.27. The summed E-state index contributed by atoms with van der Waals surface area (Å²) in [5.41, 5.74) is 6.88. The van der Waals surface area contributed by atoms with E-state index in [2.05, 4.69) is 32.5 Å². The molecule has 10 rings (SSSR count). The fourth-order valence-electron chi connectivity index (χ4n) is 7.83. The molecule has 6 N–H and O–H groups in total. The summed E-state index contributed by atoms with van der Waals surface area (Å²) in [5.74, 6) is -3.56. The third-order valence-electron chi connectivity index (χ3n) is 10.6. The molecule has 0 atom stereocenters. The molecule has 0 fully saturated rings. The first kappa shape index (κ1) is 45.7. The van der Waals surface area contributed by atoms with Crippen LogP contribution in [-0.2, 0) is 28.8 Å². The Kier molecular flexibility index (Phi) is 13.7. The fraction of sp³-hybridized carbons (Fsp3) is 0.217. The van der Waals surface area contributed by atoms with Crippen LogP contribution in [0.15, 0.2) is 65.7 Å². The maximum absolute atomic E-state index is 12.3. The van der Waals surface area contributed by atoms with Gasteiger partial charge in [-0.2, -0.15) is 0 Å². The highest BCUT2D eigenvalue weighted by molar-refractivity contribution is 6.42. The van der Waals surface area contributed by atoms with E-state index in [1.807, 2.05) is 18.2 Å². The van der Waals surface area contributed by atoms with Crippen LogP contribution < -0.4 is 25.9 Å². The van der Waals surface area contributed by atoms with Crippen LogP contribution in [0, 0.1) is 0 Å². The van der Waals surface area contributed by atoms with Crippen molar-refractivity contribution < 1.29 is 53.9 Å². The van der Waals surface area contributed by atoms with Crippen LogP contribution >= 0.6 is 46.4 Å². The summed E-state index contributed by atoms with van der Waals surface area (Å²) in [7, 11) is 0. The van der Waals surface area contributed by atoms with Gasteiger partial charge in [0.25, 0.3) is 5.97 Å². The van der Waals surface area contributed by atoms with Gasteiger partial charge in [-0.15, -0.1) is 0 Å². The smallest absolute Gasteiger partial charge is 0.348 e. The maximum atomic E-state index is 12.3. The number of carboxylic acid groups (broad SMARTS) is 3.